The molecule has 2 fully saturated rings. The summed E-state index contributed by atoms with van der Waals surface area (Å²) in [6, 6.07) is 0. The van der Waals surface area contributed by atoms with Crippen LogP contribution in [-0.2, 0) is 0 Å². The van der Waals surface area contributed by atoms with Gasteiger partial charge in [-0.3, -0.25) is 5.10 Å². The van der Waals surface area contributed by atoms with Crippen molar-refractivity contribution in [1.29, 1.82) is 0 Å². The van der Waals surface area contributed by atoms with E-state index < -0.39 is 0 Å². The molecule has 5 nitrogen and oxygen atoms in total. The molecule has 1 aliphatic heterocycles. The van der Waals surface area contributed by atoms with Crippen molar-refractivity contribution in [2.75, 3.05) is 24.5 Å². The van der Waals surface area contributed by atoms with Gasteiger partial charge in [0.25, 0.3) is 0 Å². The van der Waals surface area contributed by atoms with Gasteiger partial charge in [-0.15, -0.1) is 5.10 Å². The van der Waals surface area contributed by atoms with Crippen LogP contribution in [0.5, 0.6) is 0 Å². The summed E-state index contributed by atoms with van der Waals surface area (Å²) in [5, 5.41) is 7.65. The highest BCUT2D eigenvalue weighted by atomic mass is 15.4. The number of H-pyrrole nitrogens is 1. The predicted molar refractivity (Wildman–Crippen MR) is 80.7 cm³/mol. The first-order valence-corrected chi connectivity index (χ1v) is 7.99. The van der Waals surface area contributed by atoms with Crippen molar-refractivity contribution >= 4 is 5.95 Å². The van der Waals surface area contributed by atoms with Gasteiger partial charge in [-0.25, -0.2) is 0 Å². The standard InChI is InChI=1S/C15H27N5/c1-11-5-3-6-12(11)13-17-14(19-18-13)20-8-4-7-15(2,9-16)10-20/h11-12H,3-10,16H2,1-2H3,(H,17,18,19). The zero-order valence-corrected chi connectivity index (χ0v) is 12.7. The van der Waals surface area contributed by atoms with Gasteiger partial charge < -0.3 is 10.6 Å². The smallest absolute Gasteiger partial charge is 0.244 e. The minimum atomic E-state index is 0.208. The molecular formula is C15H27N5. The van der Waals surface area contributed by atoms with Crippen molar-refractivity contribution in [3.05, 3.63) is 5.82 Å². The van der Waals surface area contributed by atoms with Crippen LogP contribution in [0.3, 0.4) is 0 Å². The molecule has 0 aromatic carbocycles. The molecule has 0 amide bonds. The van der Waals surface area contributed by atoms with Crippen LogP contribution in [-0.4, -0.2) is 34.8 Å². The maximum Gasteiger partial charge on any atom is 0.244 e. The number of nitrogens with zero attached hydrogens (tertiary/aromatic N) is 3. The topological polar surface area (TPSA) is 70.8 Å². The number of rotatable bonds is 3. The van der Waals surface area contributed by atoms with E-state index in [0.29, 0.717) is 5.92 Å². The van der Waals surface area contributed by atoms with E-state index in [4.69, 9.17) is 10.7 Å². The van der Waals surface area contributed by atoms with Gasteiger partial charge in [-0.05, 0) is 43.6 Å². The SMILES string of the molecule is CC1CCCC1c1nc(N2CCCC(C)(CN)C2)n[nH]1. The molecule has 112 valence electrons. The Labute approximate surface area is 121 Å². The van der Waals surface area contributed by atoms with Crippen LogP contribution in [0.4, 0.5) is 5.95 Å². The molecule has 2 heterocycles. The summed E-state index contributed by atoms with van der Waals surface area (Å²) in [7, 11) is 0. The normalized spacial score (nSPS) is 34.6. The molecule has 3 unspecified atom stereocenters. The molecule has 3 atom stereocenters. The van der Waals surface area contributed by atoms with Gasteiger partial charge in [-0.1, -0.05) is 20.3 Å². The Kier molecular flexibility index (Phi) is 3.71. The van der Waals surface area contributed by atoms with Crippen LogP contribution in [0.25, 0.3) is 0 Å². The van der Waals surface area contributed by atoms with Crippen LogP contribution in [0.2, 0.25) is 0 Å². The Balaban J connectivity index is 1.73. The molecule has 0 bridgehead atoms. The van der Waals surface area contributed by atoms with Gasteiger partial charge >= 0.3 is 0 Å². The highest BCUT2D eigenvalue weighted by Crippen LogP contribution is 2.38. The summed E-state index contributed by atoms with van der Waals surface area (Å²) in [6.45, 7) is 7.35. The van der Waals surface area contributed by atoms with Gasteiger partial charge in [0, 0.05) is 19.0 Å². The van der Waals surface area contributed by atoms with E-state index in [-0.39, 0.29) is 5.41 Å². The molecular weight excluding hydrogens is 250 g/mol. The first-order chi connectivity index (χ1) is 9.61. The molecule has 3 N–H and O–H groups in total. The van der Waals surface area contributed by atoms with E-state index in [1.807, 2.05) is 0 Å². The third-order valence-corrected chi connectivity index (χ3v) is 5.26. The largest absolute Gasteiger partial charge is 0.339 e. The third-order valence-electron chi connectivity index (χ3n) is 5.26. The van der Waals surface area contributed by atoms with E-state index in [2.05, 4.69) is 28.9 Å². The highest BCUT2D eigenvalue weighted by Gasteiger charge is 2.33. The maximum atomic E-state index is 5.93. The average molecular weight is 277 g/mol. The van der Waals surface area contributed by atoms with Crippen LogP contribution in [0, 0.1) is 11.3 Å². The number of piperidine rings is 1. The summed E-state index contributed by atoms with van der Waals surface area (Å²) >= 11 is 0. The van der Waals surface area contributed by atoms with Crippen LogP contribution >= 0.6 is 0 Å². The minimum absolute atomic E-state index is 0.208. The number of nitrogens with two attached hydrogens (primary N) is 1. The second-order valence-corrected chi connectivity index (χ2v) is 7.08. The third kappa shape index (κ3) is 2.55. The van der Waals surface area contributed by atoms with Gasteiger partial charge in [0.1, 0.15) is 5.82 Å². The number of nitrogens with one attached hydrogen (secondary N) is 1. The van der Waals surface area contributed by atoms with Crippen molar-refractivity contribution < 1.29 is 0 Å². The van der Waals surface area contributed by atoms with Crippen molar-refractivity contribution in [2.45, 2.75) is 51.9 Å². The van der Waals surface area contributed by atoms with E-state index >= 15 is 0 Å². The van der Waals surface area contributed by atoms with E-state index in [9.17, 15) is 0 Å². The lowest BCUT2D eigenvalue weighted by Crippen LogP contribution is -2.46. The molecule has 1 aromatic rings. The Hall–Kier alpha value is -1.10. The van der Waals surface area contributed by atoms with Gasteiger partial charge in [0.15, 0.2) is 0 Å². The molecule has 5 heteroatoms. The molecule has 0 spiro atoms. The van der Waals surface area contributed by atoms with E-state index in [1.165, 1.54) is 32.1 Å². The molecule has 20 heavy (non-hydrogen) atoms. The number of hydrogen-bond donors (Lipinski definition) is 2. The summed E-state index contributed by atoms with van der Waals surface area (Å²) < 4.78 is 0. The van der Waals surface area contributed by atoms with Crippen molar-refractivity contribution in [3.8, 4) is 0 Å². The fourth-order valence-corrected chi connectivity index (χ4v) is 3.78. The van der Waals surface area contributed by atoms with Gasteiger partial charge in [0.05, 0.1) is 0 Å². The van der Waals surface area contributed by atoms with Gasteiger partial charge in [-0.2, -0.15) is 4.98 Å². The molecule has 1 saturated carbocycles. The first kappa shape index (κ1) is 13.9. The number of anilines is 1. The molecule has 1 saturated heterocycles. The molecule has 2 aliphatic rings. The zero-order chi connectivity index (χ0) is 14.2. The van der Waals surface area contributed by atoms with Crippen LogP contribution in [0.1, 0.15) is 57.7 Å². The Bertz CT molecular complexity index is 457. The lowest BCUT2D eigenvalue weighted by atomic mass is 9.82. The summed E-state index contributed by atoms with van der Waals surface area (Å²) in [5.74, 6) is 3.26. The molecule has 0 radical (unpaired) electrons. The fourth-order valence-electron chi connectivity index (χ4n) is 3.78. The Morgan fingerprint density at radius 2 is 2.25 bits per heavy atom. The predicted octanol–water partition coefficient (Wildman–Crippen LogP) is 2.27. The quantitative estimate of drug-likeness (QED) is 0.889. The molecule has 1 aliphatic carbocycles. The average Bonchev–Trinajstić information content (AvgIpc) is 3.07. The fraction of sp³-hybridized carbons (Fsp3) is 0.867. The van der Waals surface area contributed by atoms with Crippen molar-refractivity contribution in [3.63, 3.8) is 0 Å². The number of hydrogen-bond acceptors (Lipinski definition) is 4. The lowest BCUT2D eigenvalue weighted by molar-refractivity contribution is 0.270. The summed E-state index contributed by atoms with van der Waals surface area (Å²) in [4.78, 5) is 7.09. The number of aromatic amines is 1. The highest BCUT2D eigenvalue weighted by molar-refractivity contribution is 5.31. The lowest BCUT2D eigenvalue weighted by Gasteiger charge is -2.39. The minimum Gasteiger partial charge on any atom is -0.339 e. The van der Waals surface area contributed by atoms with Crippen LogP contribution < -0.4 is 10.6 Å². The Morgan fingerprint density at radius 3 is 2.95 bits per heavy atom. The second kappa shape index (κ2) is 5.35. The summed E-state index contributed by atoms with van der Waals surface area (Å²) in [6.07, 6.45) is 6.26. The van der Waals surface area contributed by atoms with E-state index in [0.717, 1.165) is 37.3 Å². The second-order valence-electron chi connectivity index (χ2n) is 7.08. The van der Waals surface area contributed by atoms with Crippen molar-refractivity contribution in [2.24, 2.45) is 17.1 Å². The number of aromatic nitrogens is 3. The van der Waals surface area contributed by atoms with Gasteiger partial charge in [0.2, 0.25) is 5.95 Å². The first-order valence-electron chi connectivity index (χ1n) is 7.99. The Morgan fingerprint density at radius 1 is 1.40 bits per heavy atom. The molecule has 3 rings (SSSR count). The van der Waals surface area contributed by atoms with Crippen molar-refractivity contribution in [1.82, 2.24) is 15.2 Å². The maximum absolute atomic E-state index is 5.93. The molecule has 1 aromatic heterocycles. The zero-order valence-electron chi connectivity index (χ0n) is 12.7. The van der Waals surface area contributed by atoms with E-state index in [1.54, 1.807) is 0 Å². The monoisotopic (exact) mass is 277 g/mol. The van der Waals surface area contributed by atoms with Crippen LogP contribution in [0.15, 0.2) is 0 Å². The summed E-state index contributed by atoms with van der Waals surface area (Å²) in [5.41, 5.74) is 6.13.